The Morgan fingerprint density at radius 2 is 1.88 bits per heavy atom. The van der Waals surface area contributed by atoms with E-state index in [-0.39, 0.29) is 6.42 Å². The third-order valence-electron chi connectivity index (χ3n) is 2.65. The molecule has 1 unspecified atom stereocenters. The Morgan fingerprint density at radius 1 is 1.35 bits per heavy atom. The molecule has 0 N–H and O–H groups in total. The predicted octanol–water partition coefficient (Wildman–Crippen LogP) is 2.06. The van der Waals surface area contributed by atoms with Gasteiger partial charge in [-0.05, 0) is 25.5 Å². The van der Waals surface area contributed by atoms with E-state index >= 15 is 0 Å². The van der Waals surface area contributed by atoms with Crippen LogP contribution in [0.3, 0.4) is 0 Å². The van der Waals surface area contributed by atoms with E-state index in [1.54, 1.807) is 19.1 Å². The van der Waals surface area contributed by atoms with Crippen molar-refractivity contribution in [1.82, 2.24) is 0 Å². The van der Waals surface area contributed by atoms with Crippen molar-refractivity contribution in [3.05, 3.63) is 29.8 Å². The molecule has 1 atom stereocenters. The molecule has 0 spiro atoms. The Kier molecular flexibility index (Phi) is 4.13. The minimum atomic E-state index is -3.59. The van der Waals surface area contributed by atoms with Gasteiger partial charge in [-0.25, -0.2) is 8.42 Å². The molecule has 0 aliphatic rings. The molecule has 92 valence electrons. The largest absolute Gasteiger partial charge is 0.272 e. The highest BCUT2D eigenvalue weighted by Crippen LogP contribution is 2.20. The fraction of sp³-hybridized carbons (Fsp3) is 0.417. The van der Waals surface area contributed by atoms with Crippen molar-refractivity contribution in [2.75, 3.05) is 11.4 Å². The van der Waals surface area contributed by atoms with Crippen LogP contribution >= 0.6 is 0 Å². The Morgan fingerprint density at radius 3 is 2.29 bits per heavy atom. The monoisotopic (exact) mass is 252 g/mol. The van der Waals surface area contributed by atoms with E-state index in [1.165, 1.54) is 11.4 Å². The summed E-state index contributed by atoms with van der Waals surface area (Å²) in [5.41, 5.74) is 1.64. The van der Waals surface area contributed by atoms with Crippen LogP contribution in [0.4, 0.5) is 5.69 Å². The standard InChI is InChI=1S/C12H16N2O2S/c1-4-12(9-13)17(15,16)14(3)11-7-5-10(2)6-8-11/h5-8,12H,4H2,1-3H3. The fourth-order valence-corrected chi connectivity index (χ4v) is 2.81. The molecule has 0 aromatic heterocycles. The molecular formula is C12H16N2O2S. The van der Waals surface area contributed by atoms with Crippen molar-refractivity contribution in [2.45, 2.75) is 25.5 Å². The van der Waals surface area contributed by atoms with Gasteiger partial charge in [0, 0.05) is 7.05 Å². The average Bonchev–Trinajstić information content (AvgIpc) is 2.30. The molecule has 1 rings (SSSR count). The van der Waals surface area contributed by atoms with E-state index in [4.69, 9.17) is 5.26 Å². The van der Waals surface area contributed by atoms with Gasteiger partial charge in [0.05, 0.1) is 11.8 Å². The van der Waals surface area contributed by atoms with E-state index in [9.17, 15) is 8.42 Å². The molecule has 0 heterocycles. The van der Waals surface area contributed by atoms with Gasteiger partial charge >= 0.3 is 0 Å². The van der Waals surface area contributed by atoms with Crippen LogP contribution in [0.15, 0.2) is 24.3 Å². The van der Waals surface area contributed by atoms with E-state index in [1.807, 2.05) is 25.1 Å². The summed E-state index contributed by atoms with van der Waals surface area (Å²) in [6.45, 7) is 3.62. The molecule has 1 aromatic rings. The summed E-state index contributed by atoms with van der Waals surface area (Å²) < 4.78 is 25.3. The van der Waals surface area contributed by atoms with E-state index in [0.29, 0.717) is 5.69 Å². The second-order valence-corrected chi connectivity index (χ2v) is 6.02. The van der Waals surface area contributed by atoms with Gasteiger partial charge in [0.1, 0.15) is 0 Å². The highest BCUT2D eigenvalue weighted by molar-refractivity contribution is 7.93. The van der Waals surface area contributed by atoms with Gasteiger partial charge in [0.25, 0.3) is 10.0 Å². The first-order valence-electron chi connectivity index (χ1n) is 5.37. The van der Waals surface area contributed by atoms with Crippen LogP contribution in [0.5, 0.6) is 0 Å². The zero-order valence-electron chi connectivity index (χ0n) is 10.2. The number of nitriles is 1. The van der Waals surface area contributed by atoms with Crippen molar-refractivity contribution < 1.29 is 8.42 Å². The van der Waals surface area contributed by atoms with Crippen LogP contribution in [0.2, 0.25) is 0 Å². The molecule has 5 heteroatoms. The minimum absolute atomic E-state index is 0.287. The molecule has 4 nitrogen and oxygen atoms in total. The zero-order chi connectivity index (χ0) is 13.1. The third kappa shape index (κ3) is 2.77. The van der Waals surface area contributed by atoms with Crippen LogP contribution in [0.25, 0.3) is 0 Å². The molecule has 0 aliphatic heterocycles. The van der Waals surface area contributed by atoms with Crippen LogP contribution in [0.1, 0.15) is 18.9 Å². The second kappa shape index (κ2) is 5.19. The maximum absolute atomic E-state index is 12.1. The normalized spacial score (nSPS) is 12.8. The van der Waals surface area contributed by atoms with Gasteiger partial charge < -0.3 is 0 Å². The van der Waals surface area contributed by atoms with Gasteiger partial charge in [-0.3, -0.25) is 4.31 Å². The summed E-state index contributed by atoms with van der Waals surface area (Å²) in [6.07, 6.45) is 0.287. The summed E-state index contributed by atoms with van der Waals surface area (Å²) in [7, 11) is -2.12. The summed E-state index contributed by atoms with van der Waals surface area (Å²) in [4.78, 5) is 0. The van der Waals surface area contributed by atoms with E-state index in [2.05, 4.69) is 0 Å². The fourth-order valence-electron chi connectivity index (χ4n) is 1.46. The highest BCUT2D eigenvalue weighted by atomic mass is 32.2. The third-order valence-corrected chi connectivity index (χ3v) is 4.79. The topological polar surface area (TPSA) is 61.2 Å². The van der Waals surface area contributed by atoms with Crippen molar-refractivity contribution in [2.24, 2.45) is 0 Å². The molecule has 0 saturated heterocycles. The quantitative estimate of drug-likeness (QED) is 0.824. The smallest absolute Gasteiger partial charge is 0.251 e. The molecule has 0 aliphatic carbocycles. The molecule has 0 fully saturated rings. The lowest BCUT2D eigenvalue weighted by molar-refractivity contribution is 0.585. The maximum atomic E-state index is 12.1. The maximum Gasteiger partial charge on any atom is 0.251 e. The number of nitrogens with zero attached hydrogens (tertiary/aromatic N) is 2. The van der Waals surface area contributed by atoms with E-state index < -0.39 is 15.3 Å². The lowest BCUT2D eigenvalue weighted by Gasteiger charge is -2.21. The van der Waals surface area contributed by atoms with Gasteiger partial charge in [0.2, 0.25) is 0 Å². The molecule has 0 radical (unpaired) electrons. The zero-order valence-corrected chi connectivity index (χ0v) is 11.0. The number of sulfonamides is 1. The highest BCUT2D eigenvalue weighted by Gasteiger charge is 2.28. The summed E-state index contributed by atoms with van der Waals surface area (Å²) in [5, 5.41) is 7.85. The second-order valence-electron chi connectivity index (χ2n) is 3.87. The summed E-state index contributed by atoms with van der Waals surface area (Å²) >= 11 is 0. The van der Waals surface area contributed by atoms with Gasteiger partial charge in [0.15, 0.2) is 5.25 Å². The number of anilines is 1. The SMILES string of the molecule is CCC(C#N)S(=O)(=O)N(C)c1ccc(C)cc1. The van der Waals surface area contributed by atoms with Gasteiger partial charge in [-0.1, -0.05) is 24.6 Å². The Bertz CT molecular complexity index is 514. The Hall–Kier alpha value is -1.54. The number of hydrogen-bond acceptors (Lipinski definition) is 3. The van der Waals surface area contributed by atoms with Crippen molar-refractivity contribution >= 4 is 15.7 Å². The molecule has 17 heavy (non-hydrogen) atoms. The molecule has 0 amide bonds. The predicted molar refractivity (Wildman–Crippen MR) is 68.2 cm³/mol. The molecule has 1 aromatic carbocycles. The van der Waals surface area contributed by atoms with Crippen molar-refractivity contribution in [1.29, 1.82) is 5.26 Å². The Balaban J connectivity index is 3.09. The summed E-state index contributed by atoms with van der Waals surface area (Å²) in [6, 6.07) is 8.97. The lowest BCUT2D eigenvalue weighted by Crippen LogP contribution is -2.35. The molecule has 0 saturated carbocycles. The number of rotatable bonds is 4. The lowest BCUT2D eigenvalue weighted by atomic mass is 10.2. The number of aryl methyl sites for hydroxylation is 1. The van der Waals surface area contributed by atoms with Crippen molar-refractivity contribution in [3.63, 3.8) is 0 Å². The van der Waals surface area contributed by atoms with Crippen LogP contribution < -0.4 is 4.31 Å². The van der Waals surface area contributed by atoms with E-state index in [0.717, 1.165) is 5.56 Å². The van der Waals surface area contributed by atoms with Gasteiger partial charge in [-0.2, -0.15) is 5.26 Å². The first-order valence-corrected chi connectivity index (χ1v) is 6.87. The van der Waals surface area contributed by atoms with Gasteiger partial charge in [-0.15, -0.1) is 0 Å². The van der Waals surface area contributed by atoms with Crippen molar-refractivity contribution in [3.8, 4) is 6.07 Å². The molecular weight excluding hydrogens is 236 g/mol. The summed E-state index contributed by atoms with van der Waals surface area (Å²) in [5.74, 6) is 0. The minimum Gasteiger partial charge on any atom is -0.272 e. The first kappa shape index (κ1) is 13.5. The first-order chi connectivity index (χ1) is 7.93. The number of benzene rings is 1. The Labute approximate surface area is 103 Å². The molecule has 0 bridgehead atoms. The van der Waals surface area contributed by atoms with Crippen LogP contribution in [-0.2, 0) is 10.0 Å². The number of hydrogen-bond donors (Lipinski definition) is 0. The van der Waals surface area contributed by atoms with Crippen LogP contribution in [0, 0.1) is 18.3 Å². The van der Waals surface area contributed by atoms with Crippen LogP contribution in [-0.4, -0.2) is 20.7 Å². The average molecular weight is 252 g/mol.